The molecule has 0 radical (unpaired) electrons. The first-order valence-electron chi connectivity index (χ1n) is 9.63. The predicted octanol–water partition coefficient (Wildman–Crippen LogP) is 6.07. The maximum atomic E-state index is 13.2. The monoisotopic (exact) mass is 412 g/mol. The van der Waals surface area contributed by atoms with E-state index in [9.17, 15) is 14.1 Å². The standard InChI is InChI=1S/C24H26FO3P/c1-16-12-19(10-11-28-29(3)27)13-17(2)22(16)14-18-4-9-24(26)23(15-18)20-5-7-21(25)8-6-20/h4-9,12-13,15,26,29H,10-11,14H2,1-3H3. The molecular formula is C24H26FO3P. The molecule has 1 N–H and O–H groups in total. The minimum Gasteiger partial charge on any atom is -0.507 e. The van der Waals surface area contributed by atoms with Gasteiger partial charge in [-0.25, -0.2) is 4.39 Å². The summed E-state index contributed by atoms with van der Waals surface area (Å²) >= 11 is 0. The van der Waals surface area contributed by atoms with Crippen LogP contribution in [0.15, 0.2) is 54.6 Å². The number of phenolic OH excluding ortho intramolecular Hbond substituents is 1. The number of hydrogen-bond donors (Lipinski definition) is 1. The van der Waals surface area contributed by atoms with Crippen LogP contribution in [0.5, 0.6) is 5.75 Å². The smallest absolute Gasteiger partial charge is 0.188 e. The second-order valence-corrected chi connectivity index (χ2v) is 8.61. The van der Waals surface area contributed by atoms with Gasteiger partial charge in [-0.1, -0.05) is 30.3 Å². The van der Waals surface area contributed by atoms with Crippen molar-refractivity contribution in [1.82, 2.24) is 0 Å². The van der Waals surface area contributed by atoms with Gasteiger partial charge < -0.3 is 9.63 Å². The summed E-state index contributed by atoms with van der Waals surface area (Å²) in [4.78, 5) is 0. The van der Waals surface area contributed by atoms with E-state index in [0.29, 0.717) is 12.2 Å². The van der Waals surface area contributed by atoms with Crippen molar-refractivity contribution in [2.75, 3.05) is 13.3 Å². The van der Waals surface area contributed by atoms with Crippen molar-refractivity contribution in [3.63, 3.8) is 0 Å². The van der Waals surface area contributed by atoms with E-state index in [1.54, 1.807) is 24.9 Å². The summed E-state index contributed by atoms with van der Waals surface area (Å²) in [5.74, 6) is -0.119. The van der Waals surface area contributed by atoms with Crippen molar-refractivity contribution in [3.8, 4) is 16.9 Å². The van der Waals surface area contributed by atoms with Crippen molar-refractivity contribution in [3.05, 3.63) is 88.2 Å². The van der Waals surface area contributed by atoms with Gasteiger partial charge in [0.05, 0.1) is 6.61 Å². The maximum Gasteiger partial charge on any atom is 0.188 e. The average molecular weight is 412 g/mol. The van der Waals surface area contributed by atoms with Gasteiger partial charge in [-0.2, -0.15) is 0 Å². The molecule has 0 bridgehead atoms. The summed E-state index contributed by atoms with van der Waals surface area (Å²) < 4.78 is 29.6. The number of rotatable bonds is 7. The molecule has 1 atom stereocenters. The summed E-state index contributed by atoms with van der Waals surface area (Å²) in [5.41, 5.74) is 7.36. The van der Waals surface area contributed by atoms with Crippen LogP contribution in [0.1, 0.15) is 27.8 Å². The number of halogens is 1. The Labute approximate surface area is 172 Å². The fraction of sp³-hybridized carbons (Fsp3) is 0.250. The molecule has 1 unspecified atom stereocenters. The molecular weight excluding hydrogens is 386 g/mol. The quantitative estimate of drug-likeness (QED) is 0.479. The van der Waals surface area contributed by atoms with Gasteiger partial charge in [-0.05, 0) is 84.3 Å². The largest absolute Gasteiger partial charge is 0.507 e. The number of hydrogen-bond acceptors (Lipinski definition) is 3. The van der Waals surface area contributed by atoms with E-state index in [-0.39, 0.29) is 11.6 Å². The van der Waals surface area contributed by atoms with E-state index in [0.717, 1.165) is 24.0 Å². The number of aryl methyl sites for hydroxylation is 2. The second kappa shape index (κ2) is 9.39. The van der Waals surface area contributed by atoms with Crippen molar-refractivity contribution in [1.29, 1.82) is 0 Å². The first-order valence-corrected chi connectivity index (χ1v) is 11.5. The van der Waals surface area contributed by atoms with Gasteiger partial charge in [-0.3, -0.25) is 4.57 Å². The Kier molecular flexibility index (Phi) is 6.89. The minimum atomic E-state index is -1.90. The summed E-state index contributed by atoms with van der Waals surface area (Å²) in [5, 5.41) is 10.3. The van der Waals surface area contributed by atoms with Gasteiger partial charge >= 0.3 is 0 Å². The summed E-state index contributed by atoms with van der Waals surface area (Å²) in [7, 11) is -1.90. The highest BCUT2D eigenvalue weighted by atomic mass is 31.1. The lowest BCUT2D eigenvalue weighted by molar-refractivity contribution is 0.336. The molecule has 0 amide bonds. The SMILES string of the molecule is Cc1cc(CCO[PH](C)=O)cc(C)c1Cc1ccc(O)c(-c2ccc(F)cc2)c1. The Morgan fingerprint density at radius 2 is 1.62 bits per heavy atom. The molecule has 0 aliphatic heterocycles. The fourth-order valence-corrected chi connectivity index (χ4v) is 3.97. The zero-order chi connectivity index (χ0) is 21.0. The van der Waals surface area contributed by atoms with Crippen LogP contribution in [0.4, 0.5) is 4.39 Å². The summed E-state index contributed by atoms with van der Waals surface area (Å²) in [6.45, 7) is 6.25. The van der Waals surface area contributed by atoms with Gasteiger partial charge in [0.25, 0.3) is 0 Å². The number of phenols is 1. The Hall–Kier alpha value is -2.42. The van der Waals surface area contributed by atoms with Crippen LogP contribution < -0.4 is 0 Å². The molecule has 0 fully saturated rings. The van der Waals surface area contributed by atoms with Gasteiger partial charge in [0.1, 0.15) is 11.6 Å². The van der Waals surface area contributed by atoms with E-state index in [4.69, 9.17) is 4.52 Å². The Bertz CT molecular complexity index is 1010. The predicted molar refractivity (Wildman–Crippen MR) is 117 cm³/mol. The fourth-order valence-electron chi connectivity index (χ4n) is 3.58. The zero-order valence-corrected chi connectivity index (χ0v) is 18.0. The van der Waals surface area contributed by atoms with Crippen LogP contribution in [0.3, 0.4) is 0 Å². The summed E-state index contributed by atoms with van der Waals surface area (Å²) in [6, 6.07) is 16.0. The molecule has 3 nitrogen and oxygen atoms in total. The van der Waals surface area contributed by atoms with Gasteiger partial charge in [0.2, 0.25) is 0 Å². The van der Waals surface area contributed by atoms with Gasteiger partial charge in [-0.15, -0.1) is 0 Å². The van der Waals surface area contributed by atoms with Gasteiger partial charge in [0, 0.05) is 12.2 Å². The lowest BCUT2D eigenvalue weighted by atomic mass is 9.92. The molecule has 3 rings (SSSR count). The highest BCUT2D eigenvalue weighted by molar-refractivity contribution is 7.38. The third kappa shape index (κ3) is 5.56. The Morgan fingerprint density at radius 3 is 2.24 bits per heavy atom. The first-order chi connectivity index (χ1) is 13.8. The molecule has 0 aliphatic rings. The highest BCUT2D eigenvalue weighted by Crippen LogP contribution is 2.31. The van der Waals surface area contributed by atoms with Crippen molar-refractivity contribution in [2.45, 2.75) is 26.7 Å². The Balaban J connectivity index is 1.83. The van der Waals surface area contributed by atoms with Crippen LogP contribution in [-0.4, -0.2) is 18.4 Å². The number of benzene rings is 3. The molecule has 0 saturated heterocycles. The molecule has 0 saturated carbocycles. The Morgan fingerprint density at radius 1 is 0.966 bits per heavy atom. The van der Waals surface area contributed by atoms with E-state index in [2.05, 4.69) is 26.0 Å². The van der Waals surface area contributed by atoms with Crippen LogP contribution in [0.2, 0.25) is 0 Å². The molecule has 152 valence electrons. The molecule has 3 aromatic carbocycles. The lowest BCUT2D eigenvalue weighted by Gasteiger charge is -2.14. The maximum absolute atomic E-state index is 13.2. The van der Waals surface area contributed by atoms with Gasteiger partial charge in [0.15, 0.2) is 8.03 Å². The van der Waals surface area contributed by atoms with Crippen molar-refractivity contribution >= 4 is 8.03 Å². The molecule has 5 heteroatoms. The lowest BCUT2D eigenvalue weighted by Crippen LogP contribution is -2.00. The summed E-state index contributed by atoms with van der Waals surface area (Å²) in [6.07, 6.45) is 1.48. The minimum absolute atomic E-state index is 0.180. The third-order valence-electron chi connectivity index (χ3n) is 5.05. The van der Waals surface area contributed by atoms with Crippen LogP contribution in [0, 0.1) is 19.7 Å². The normalized spacial score (nSPS) is 12.1. The zero-order valence-electron chi connectivity index (χ0n) is 17.0. The second-order valence-electron chi connectivity index (χ2n) is 7.33. The van der Waals surface area contributed by atoms with E-state index in [1.165, 1.54) is 34.4 Å². The molecule has 0 aliphatic carbocycles. The topological polar surface area (TPSA) is 46.5 Å². The molecule has 0 spiro atoms. The first kappa shape index (κ1) is 21.3. The molecule has 0 aromatic heterocycles. The third-order valence-corrected chi connectivity index (χ3v) is 5.66. The molecule has 29 heavy (non-hydrogen) atoms. The van der Waals surface area contributed by atoms with Crippen LogP contribution in [-0.2, 0) is 21.9 Å². The average Bonchev–Trinajstić information content (AvgIpc) is 2.66. The van der Waals surface area contributed by atoms with E-state index >= 15 is 0 Å². The van der Waals surface area contributed by atoms with E-state index in [1.807, 2.05) is 12.1 Å². The van der Waals surface area contributed by atoms with Crippen molar-refractivity contribution in [2.24, 2.45) is 0 Å². The number of aromatic hydroxyl groups is 1. The van der Waals surface area contributed by atoms with Crippen molar-refractivity contribution < 1.29 is 18.6 Å². The van der Waals surface area contributed by atoms with E-state index < -0.39 is 8.03 Å². The molecule has 0 heterocycles. The van der Waals surface area contributed by atoms with Crippen LogP contribution >= 0.6 is 8.03 Å². The highest BCUT2D eigenvalue weighted by Gasteiger charge is 2.10. The van der Waals surface area contributed by atoms with Crippen LogP contribution in [0.25, 0.3) is 11.1 Å². The molecule has 3 aromatic rings.